The Balaban J connectivity index is 2.08. The SMILES string of the molecule is CC1CCCC(n2c(CCCl)nc3cc(Br)cnc32)C1. The summed E-state index contributed by atoms with van der Waals surface area (Å²) in [6, 6.07) is 2.57. The molecule has 0 amide bonds. The average Bonchev–Trinajstić information content (AvgIpc) is 2.76. The highest BCUT2D eigenvalue weighted by Gasteiger charge is 2.25. The standard InChI is InChI=1S/C15H19BrClN3/c1-10-3-2-4-12(7-10)20-14(5-6-17)19-13-8-11(16)9-18-15(13)20/h8-10,12H,2-7H2,1H3. The Bertz CT molecular complexity index is 610. The van der Waals surface area contributed by atoms with Crippen molar-refractivity contribution in [3.63, 3.8) is 0 Å². The summed E-state index contributed by atoms with van der Waals surface area (Å²) >= 11 is 9.42. The van der Waals surface area contributed by atoms with Crippen molar-refractivity contribution in [3.05, 3.63) is 22.6 Å². The monoisotopic (exact) mass is 355 g/mol. The van der Waals surface area contributed by atoms with Crippen molar-refractivity contribution in [2.24, 2.45) is 5.92 Å². The Morgan fingerprint density at radius 1 is 1.45 bits per heavy atom. The minimum atomic E-state index is 0.524. The molecule has 0 N–H and O–H groups in total. The average molecular weight is 357 g/mol. The van der Waals surface area contributed by atoms with Gasteiger partial charge in [0.25, 0.3) is 0 Å². The maximum absolute atomic E-state index is 5.95. The number of halogens is 2. The Labute approximate surface area is 132 Å². The number of nitrogens with zero attached hydrogens (tertiary/aromatic N) is 3. The van der Waals surface area contributed by atoms with E-state index in [9.17, 15) is 0 Å². The van der Waals surface area contributed by atoms with Crippen molar-refractivity contribution >= 4 is 38.7 Å². The minimum Gasteiger partial charge on any atom is -0.310 e. The lowest BCUT2D eigenvalue weighted by atomic mass is 9.87. The first-order valence-corrected chi connectivity index (χ1v) is 8.60. The van der Waals surface area contributed by atoms with Gasteiger partial charge in [-0.3, -0.25) is 0 Å². The second-order valence-electron chi connectivity index (χ2n) is 5.76. The van der Waals surface area contributed by atoms with E-state index >= 15 is 0 Å². The van der Waals surface area contributed by atoms with E-state index < -0.39 is 0 Å². The molecule has 0 saturated heterocycles. The zero-order valence-electron chi connectivity index (χ0n) is 11.6. The summed E-state index contributed by atoms with van der Waals surface area (Å²) in [5.41, 5.74) is 1.98. The number of imidazole rings is 1. The topological polar surface area (TPSA) is 30.7 Å². The Hall–Kier alpha value is -0.610. The van der Waals surface area contributed by atoms with Gasteiger partial charge < -0.3 is 4.57 Å². The Morgan fingerprint density at radius 2 is 2.30 bits per heavy atom. The van der Waals surface area contributed by atoms with Gasteiger partial charge in [0.2, 0.25) is 0 Å². The summed E-state index contributed by atoms with van der Waals surface area (Å²) in [7, 11) is 0. The van der Waals surface area contributed by atoms with Crippen molar-refractivity contribution < 1.29 is 0 Å². The predicted molar refractivity (Wildman–Crippen MR) is 86.3 cm³/mol. The third-order valence-corrected chi connectivity index (χ3v) is 4.78. The van der Waals surface area contributed by atoms with Crippen LogP contribution in [0.2, 0.25) is 0 Å². The number of aryl methyl sites for hydroxylation is 1. The van der Waals surface area contributed by atoms with Crippen molar-refractivity contribution in [1.82, 2.24) is 14.5 Å². The Kier molecular flexibility index (Phi) is 4.32. The van der Waals surface area contributed by atoms with Crippen LogP contribution in [0.5, 0.6) is 0 Å². The first-order valence-electron chi connectivity index (χ1n) is 7.27. The van der Waals surface area contributed by atoms with E-state index in [-0.39, 0.29) is 0 Å². The number of fused-ring (bicyclic) bond motifs is 1. The van der Waals surface area contributed by atoms with Crippen LogP contribution >= 0.6 is 27.5 Å². The van der Waals surface area contributed by atoms with Crippen molar-refractivity contribution in [2.45, 2.75) is 45.1 Å². The maximum Gasteiger partial charge on any atom is 0.160 e. The molecular formula is C15H19BrClN3. The first kappa shape index (κ1) is 14.3. The van der Waals surface area contributed by atoms with E-state index in [4.69, 9.17) is 16.6 Å². The molecule has 0 spiro atoms. The van der Waals surface area contributed by atoms with Gasteiger partial charge in [0.15, 0.2) is 5.65 Å². The fraction of sp³-hybridized carbons (Fsp3) is 0.600. The largest absolute Gasteiger partial charge is 0.310 e. The third-order valence-electron chi connectivity index (χ3n) is 4.16. The lowest BCUT2D eigenvalue weighted by Crippen LogP contribution is -2.20. The maximum atomic E-state index is 5.95. The molecule has 2 aromatic rings. The van der Waals surface area contributed by atoms with Gasteiger partial charge >= 0.3 is 0 Å². The molecule has 1 saturated carbocycles. The molecule has 0 aliphatic heterocycles. The number of hydrogen-bond acceptors (Lipinski definition) is 2. The van der Waals surface area contributed by atoms with Gasteiger partial charge in [-0.05, 0) is 40.8 Å². The molecule has 2 aromatic heterocycles. The molecule has 3 nitrogen and oxygen atoms in total. The van der Waals surface area contributed by atoms with Crippen LogP contribution in [0.3, 0.4) is 0 Å². The normalized spacial score (nSPS) is 23.4. The number of aromatic nitrogens is 3. The van der Waals surface area contributed by atoms with E-state index in [1.165, 1.54) is 25.7 Å². The summed E-state index contributed by atoms with van der Waals surface area (Å²) in [5, 5.41) is 0. The predicted octanol–water partition coefficient (Wildman–Crippen LogP) is 4.73. The highest BCUT2D eigenvalue weighted by Crippen LogP contribution is 2.35. The van der Waals surface area contributed by atoms with Crippen LogP contribution < -0.4 is 0 Å². The molecule has 1 aliphatic carbocycles. The molecule has 20 heavy (non-hydrogen) atoms. The highest BCUT2D eigenvalue weighted by atomic mass is 79.9. The van der Waals surface area contributed by atoms with E-state index in [1.54, 1.807) is 0 Å². The lowest BCUT2D eigenvalue weighted by molar-refractivity contribution is 0.282. The van der Waals surface area contributed by atoms with Gasteiger partial charge in [-0.25, -0.2) is 9.97 Å². The fourth-order valence-corrected chi connectivity index (χ4v) is 3.77. The second-order valence-corrected chi connectivity index (χ2v) is 7.05. The van der Waals surface area contributed by atoms with Gasteiger partial charge in [0.05, 0.1) is 0 Å². The summed E-state index contributed by atoms with van der Waals surface area (Å²) < 4.78 is 3.32. The van der Waals surface area contributed by atoms with Gasteiger partial charge in [0.1, 0.15) is 11.3 Å². The first-order chi connectivity index (χ1) is 9.69. The molecule has 0 radical (unpaired) electrons. The molecule has 3 rings (SSSR count). The lowest BCUT2D eigenvalue weighted by Gasteiger charge is -2.29. The quantitative estimate of drug-likeness (QED) is 0.745. The van der Waals surface area contributed by atoms with Crippen LogP contribution in [0.4, 0.5) is 0 Å². The van der Waals surface area contributed by atoms with Gasteiger partial charge in [0, 0.05) is 29.0 Å². The molecule has 2 atom stereocenters. The van der Waals surface area contributed by atoms with E-state index in [1.807, 2.05) is 12.3 Å². The van der Waals surface area contributed by atoms with Crippen molar-refractivity contribution in [2.75, 3.05) is 5.88 Å². The summed E-state index contributed by atoms with van der Waals surface area (Å²) in [6.07, 6.45) is 7.74. The molecule has 2 heterocycles. The summed E-state index contributed by atoms with van der Waals surface area (Å²) in [5.74, 6) is 2.47. The second kappa shape index (κ2) is 6.02. The molecule has 0 aromatic carbocycles. The van der Waals surface area contributed by atoms with Crippen LogP contribution in [0.1, 0.15) is 44.5 Å². The van der Waals surface area contributed by atoms with Gasteiger partial charge in [-0.2, -0.15) is 0 Å². The third kappa shape index (κ3) is 2.73. The zero-order chi connectivity index (χ0) is 14.1. The van der Waals surface area contributed by atoms with Crippen LogP contribution in [0.25, 0.3) is 11.2 Å². The Morgan fingerprint density at radius 3 is 3.05 bits per heavy atom. The van der Waals surface area contributed by atoms with Crippen LogP contribution in [-0.4, -0.2) is 20.4 Å². The molecule has 2 unspecified atom stereocenters. The number of rotatable bonds is 3. The summed E-state index contributed by atoms with van der Waals surface area (Å²) in [4.78, 5) is 9.34. The molecular weight excluding hydrogens is 338 g/mol. The van der Waals surface area contributed by atoms with E-state index in [0.717, 1.165) is 33.8 Å². The highest BCUT2D eigenvalue weighted by molar-refractivity contribution is 9.10. The fourth-order valence-electron chi connectivity index (χ4n) is 3.29. The van der Waals surface area contributed by atoms with Crippen LogP contribution in [0, 0.1) is 5.92 Å². The molecule has 0 bridgehead atoms. The number of alkyl halides is 1. The number of pyridine rings is 1. The van der Waals surface area contributed by atoms with Gasteiger partial charge in [-0.15, -0.1) is 11.6 Å². The molecule has 1 aliphatic rings. The van der Waals surface area contributed by atoms with E-state index in [2.05, 4.69) is 32.4 Å². The smallest absolute Gasteiger partial charge is 0.160 e. The van der Waals surface area contributed by atoms with Crippen LogP contribution in [0.15, 0.2) is 16.7 Å². The van der Waals surface area contributed by atoms with Crippen molar-refractivity contribution in [3.8, 4) is 0 Å². The minimum absolute atomic E-state index is 0.524. The number of hydrogen-bond donors (Lipinski definition) is 0. The molecule has 5 heteroatoms. The summed E-state index contributed by atoms with van der Waals surface area (Å²) in [6.45, 7) is 2.34. The molecule has 1 fully saturated rings. The zero-order valence-corrected chi connectivity index (χ0v) is 14.0. The van der Waals surface area contributed by atoms with E-state index in [0.29, 0.717) is 11.9 Å². The van der Waals surface area contributed by atoms with Crippen molar-refractivity contribution in [1.29, 1.82) is 0 Å². The molecule has 108 valence electrons. The van der Waals surface area contributed by atoms with Crippen LogP contribution in [-0.2, 0) is 6.42 Å². The van der Waals surface area contributed by atoms with Gasteiger partial charge in [-0.1, -0.05) is 19.8 Å².